The summed E-state index contributed by atoms with van der Waals surface area (Å²) in [6, 6.07) is 0. The molecule has 1 unspecified atom stereocenters. The molecule has 0 aromatic heterocycles. The summed E-state index contributed by atoms with van der Waals surface area (Å²) in [4.78, 5) is 11.8. The van der Waals surface area contributed by atoms with E-state index in [1.54, 1.807) is 0 Å². The number of unbranched alkanes of at least 4 members (excludes halogenated alkanes) is 14. The molecular formula is C24H46O6. The highest BCUT2D eigenvalue weighted by molar-refractivity contribution is 5.69. The van der Waals surface area contributed by atoms with Crippen molar-refractivity contribution in [3.63, 3.8) is 0 Å². The molecule has 4 atom stereocenters. The van der Waals surface area contributed by atoms with Crippen molar-refractivity contribution < 1.29 is 29.6 Å². The van der Waals surface area contributed by atoms with E-state index in [2.05, 4.69) is 6.92 Å². The number of carbonyl (C=O) groups is 1. The summed E-state index contributed by atoms with van der Waals surface area (Å²) in [7, 11) is 0. The lowest BCUT2D eigenvalue weighted by molar-refractivity contribution is -0.151. The van der Waals surface area contributed by atoms with Crippen molar-refractivity contribution >= 4 is 5.97 Å². The molecule has 1 aliphatic rings. The number of hydrogen-bond donors (Lipinski definition) is 3. The Morgan fingerprint density at radius 2 is 1.33 bits per heavy atom. The van der Waals surface area contributed by atoms with Crippen molar-refractivity contribution in [2.45, 2.75) is 134 Å². The Morgan fingerprint density at radius 1 is 0.867 bits per heavy atom. The minimum absolute atomic E-state index is 0.0179. The van der Waals surface area contributed by atoms with E-state index in [0.29, 0.717) is 6.42 Å². The first-order valence-electron chi connectivity index (χ1n) is 12.4. The number of ether oxygens (including phenoxy) is 2. The fourth-order valence-electron chi connectivity index (χ4n) is 3.95. The van der Waals surface area contributed by atoms with Gasteiger partial charge in [-0.15, -0.1) is 0 Å². The number of aliphatic hydroxyl groups excluding tert-OH is 3. The fourth-order valence-corrected chi connectivity index (χ4v) is 3.95. The van der Waals surface area contributed by atoms with Crippen LogP contribution >= 0.6 is 0 Å². The predicted molar refractivity (Wildman–Crippen MR) is 118 cm³/mol. The molecule has 1 saturated heterocycles. The average Bonchev–Trinajstić information content (AvgIpc) is 3.07. The van der Waals surface area contributed by atoms with Crippen LogP contribution in [0.1, 0.15) is 110 Å². The van der Waals surface area contributed by atoms with E-state index in [9.17, 15) is 20.1 Å². The van der Waals surface area contributed by atoms with Crippen LogP contribution in [0.15, 0.2) is 0 Å². The zero-order chi connectivity index (χ0) is 22.0. The van der Waals surface area contributed by atoms with Crippen LogP contribution in [0.25, 0.3) is 0 Å². The van der Waals surface area contributed by atoms with Crippen LogP contribution in [-0.2, 0) is 14.3 Å². The maximum Gasteiger partial charge on any atom is 0.305 e. The molecule has 30 heavy (non-hydrogen) atoms. The van der Waals surface area contributed by atoms with Crippen LogP contribution in [0.4, 0.5) is 0 Å². The highest BCUT2D eigenvalue weighted by Crippen LogP contribution is 2.18. The molecule has 1 heterocycles. The van der Waals surface area contributed by atoms with Crippen molar-refractivity contribution in [3.05, 3.63) is 0 Å². The van der Waals surface area contributed by atoms with Gasteiger partial charge in [0.05, 0.1) is 6.61 Å². The fraction of sp³-hybridized carbons (Fsp3) is 0.958. The van der Waals surface area contributed by atoms with Gasteiger partial charge in [-0.05, 0) is 6.42 Å². The topological polar surface area (TPSA) is 96.2 Å². The van der Waals surface area contributed by atoms with E-state index < -0.39 is 24.4 Å². The molecule has 1 aliphatic heterocycles. The summed E-state index contributed by atoms with van der Waals surface area (Å²) >= 11 is 0. The van der Waals surface area contributed by atoms with Crippen LogP contribution in [0.2, 0.25) is 0 Å². The Kier molecular flexibility index (Phi) is 16.3. The molecular weight excluding hydrogens is 384 g/mol. The van der Waals surface area contributed by atoms with Crippen molar-refractivity contribution in [1.82, 2.24) is 0 Å². The maximum absolute atomic E-state index is 11.8. The van der Waals surface area contributed by atoms with Gasteiger partial charge in [0.1, 0.15) is 31.0 Å². The van der Waals surface area contributed by atoms with E-state index in [0.717, 1.165) is 19.3 Å². The Bertz CT molecular complexity index is 417. The summed E-state index contributed by atoms with van der Waals surface area (Å²) in [6.45, 7) is 2.03. The lowest BCUT2D eigenvalue weighted by atomic mass is 10.0. The van der Waals surface area contributed by atoms with Gasteiger partial charge in [-0.2, -0.15) is 0 Å². The number of esters is 1. The van der Waals surface area contributed by atoms with Gasteiger partial charge >= 0.3 is 5.97 Å². The van der Waals surface area contributed by atoms with Gasteiger partial charge in [0.15, 0.2) is 0 Å². The molecule has 0 amide bonds. The Labute approximate surface area is 183 Å². The number of aliphatic hydroxyl groups is 3. The Balaban J connectivity index is 1.83. The van der Waals surface area contributed by atoms with Gasteiger partial charge in [0.25, 0.3) is 0 Å². The number of carbonyl (C=O) groups excluding carboxylic acids is 1. The molecule has 0 aliphatic carbocycles. The number of hydrogen-bond acceptors (Lipinski definition) is 6. The Hall–Kier alpha value is -0.690. The summed E-state index contributed by atoms with van der Waals surface area (Å²) in [5, 5.41) is 29.0. The molecule has 1 fully saturated rings. The van der Waals surface area contributed by atoms with E-state index in [1.807, 2.05) is 0 Å². The van der Waals surface area contributed by atoms with Gasteiger partial charge < -0.3 is 24.8 Å². The Morgan fingerprint density at radius 3 is 1.77 bits per heavy atom. The predicted octanol–water partition coefficient (Wildman–Crippen LogP) is 4.27. The maximum atomic E-state index is 11.8. The third-order valence-electron chi connectivity index (χ3n) is 5.97. The van der Waals surface area contributed by atoms with E-state index in [1.165, 1.54) is 77.0 Å². The summed E-state index contributed by atoms with van der Waals surface area (Å²) in [5.41, 5.74) is 0. The molecule has 0 radical (unpaired) electrons. The van der Waals surface area contributed by atoms with Crippen molar-refractivity contribution in [2.24, 2.45) is 0 Å². The monoisotopic (exact) mass is 430 g/mol. The molecule has 1 rings (SSSR count). The second-order valence-electron chi connectivity index (χ2n) is 8.81. The van der Waals surface area contributed by atoms with E-state index in [4.69, 9.17) is 9.47 Å². The smallest absolute Gasteiger partial charge is 0.305 e. The first-order valence-corrected chi connectivity index (χ1v) is 12.4. The van der Waals surface area contributed by atoms with Crippen molar-refractivity contribution in [3.8, 4) is 0 Å². The lowest BCUT2D eigenvalue weighted by Crippen LogP contribution is -2.41. The minimum Gasteiger partial charge on any atom is -0.463 e. The van der Waals surface area contributed by atoms with Gasteiger partial charge in [-0.25, -0.2) is 0 Å². The summed E-state index contributed by atoms with van der Waals surface area (Å²) in [5.74, 6) is -0.336. The van der Waals surface area contributed by atoms with Crippen LogP contribution < -0.4 is 0 Å². The first-order chi connectivity index (χ1) is 14.6. The average molecular weight is 431 g/mol. The standard InChI is InChI=1S/C24H46O6/c1-2-3-4-5-6-7-8-9-10-11-12-13-14-15-16-17-22(27)29-19-21(26)24-23(28)20(25)18-30-24/h20-21,23-26,28H,2-19H2,1H3/t20-,21?,23+,24+/m0/s1. The molecule has 178 valence electrons. The molecule has 0 aromatic carbocycles. The SMILES string of the molecule is CCCCCCCCCCCCCCCCCC(=O)OCC(O)[C@H]1OC[C@H](O)[C@H]1O. The molecule has 0 aromatic rings. The van der Waals surface area contributed by atoms with Crippen LogP contribution in [0.3, 0.4) is 0 Å². The largest absolute Gasteiger partial charge is 0.463 e. The second kappa shape index (κ2) is 17.9. The zero-order valence-corrected chi connectivity index (χ0v) is 19.1. The molecule has 6 nitrogen and oxygen atoms in total. The second-order valence-corrected chi connectivity index (χ2v) is 8.81. The third kappa shape index (κ3) is 12.9. The highest BCUT2D eigenvalue weighted by Gasteiger charge is 2.39. The molecule has 3 N–H and O–H groups in total. The molecule has 6 heteroatoms. The third-order valence-corrected chi connectivity index (χ3v) is 5.97. The summed E-state index contributed by atoms with van der Waals surface area (Å²) in [6.07, 6.45) is 15.4. The van der Waals surface area contributed by atoms with Crippen LogP contribution in [-0.4, -0.2) is 58.9 Å². The van der Waals surface area contributed by atoms with Gasteiger partial charge in [0.2, 0.25) is 0 Å². The van der Waals surface area contributed by atoms with Crippen LogP contribution in [0, 0.1) is 0 Å². The first kappa shape index (κ1) is 27.3. The van der Waals surface area contributed by atoms with Crippen LogP contribution in [0.5, 0.6) is 0 Å². The lowest BCUT2D eigenvalue weighted by Gasteiger charge is -2.20. The molecule has 0 bridgehead atoms. The molecule has 0 spiro atoms. The van der Waals surface area contributed by atoms with E-state index in [-0.39, 0.29) is 19.2 Å². The minimum atomic E-state index is -1.14. The summed E-state index contributed by atoms with van der Waals surface area (Å²) < 4.78 is 10.2. The van der Waals surface area contributed by atoms with Crippen molar-refractivity contribution in [1.29, 1.82) is 0 Å². The zero-order valence-electron chi connectivity index (χ0n) is 19.1. The van der Waals surface area contributed by atoms with Gasteiger partial charge in [-0.1, -0.05) is 96.8 Å². The number of rotatable bonds is 19. The normalized spacial score (nSPS) is 22.3. The van der Waals surface area contributed by atoms with Gasteiger partial charge in [-0.3, -0.25) is 4.79 Å². The highest BCUT2D eigenvalue weighted by atomic mass is 16.6. The van der Waals surface area contributed by atoms with Crippen molar-refractivity contribution in [2.75, 3.05) is 13.2 Å². The van der Waals surface area contributed by atoms with Gasteiger partial charge in [0, 0.05) is 6.42 Å². The molecule has 0 saturated carbocycles. The van der Waals surface area contributed by atoms with E-state index >= 15 is 0 Å². The quantitative estimate of drug-likeness (QED) is 0.209.